The van der Waals surface area contributed by atoms with Crippen LogP contribution in [0.1, 0.15) is 41.3 Å². The van der Waals surface area contributed by atoms with Gasteiger partial charge in [-0.25, -0.2) is 0 Å². The van der Waals surface area contributed by atoms with Crippen molar-refractivity contribution in [3.8, 4) is 34.5 Å². The molecule has 7 nitrogen and oxygen atoms in total. The minimum absolute atomic E-state index is 0.00793. The lowest BCUT2D eigenvalue weighted by atomic mass is 9.86. The number of allylic oxidation sites excluding steroid dienone is 2. The van der Waals surface area contributed by atoms with Crippen LogP contribution in [0.2, 0.25) is 0 Å². The summed E-state index contributed by atoms with van der Waals surface area (Å²) in [4.78, 5) is 13.3. The highest BCUT2D eigenvalue weighted by molar-refractivity contribution is 6.07. The van der Waals surface area contributed by atoms with E-state index in [4.69, 9.17) is 14.2 Å². The first-order valence-corrected chi connectivity index (χ1v) is 9.12. The number of Topliss-reactive ketones (excluding diaryl/α,β-unsaturated/α-hetero) is 1. The zero-order valence-corrected chi connectivity index (χ0v) is 16.8. The number of benzene rings is 2. The number of aromatic hydroxyl groups is 3. The van der Waals surface area contributed by atoms with Gasteiger partial charge in [-0.1, -0.05) is 17.7 Å². The first kappa shape index (κ1) is 20.4. The first-order chi connectivity index (χ1) is 13.8. The third-order valence-corrected chi connectivity index (χ3v) is 4.95. The van der Waals surface area contributed by atoms with Crippen LogP contribution in [0, 0.1) is 0 Å². The Morgan fingerprint density at radius 2 is 1.90 bits per heavy atom. The topological polar surface area (TPSA) is 105 Å². The highest BCUT2D eigenvalue weighted by Crippen LogP contribution is 2.47. The van der Waals surface area contributed by atoms with Crippen LogP contribution in [-0.2, 0) is 6.42 Å². The molecule has 0 aromatic heterocycles. The summed E-state index contributed by atoms with van der Waals surface area (Å²) in [5.41, 5.74) is 1.70. The van der Waals surface area contributed by atoms with E-state index in [1.807, 2.05) is 19.9 Å². The molecule has 0 bridgehead atoms. The number of ketones is 1. The molecule has 0 radical (unpaired) electrons. The van der Waals surface area contributed by atoms with Crippen molar-refractivity contribution in [1.29, 1.82) is 0 Å². The molecule has 0 fully saturated rings. The molecule has 1 atom stereocenters. The van der Waals surface area contributed by atoms with Crippen LogP contribution in [0.4, 0.5) is 0 Å². The van der Waals surface area contributed by atoms with E-state index in [9.17, 15) is 20.1 Å². The van der Waals surface area contributed by atoms with Gasteiger partial charge in [0.15, 0.2) is 17.3 Å². The van der Waals surface area contributed by atoms with Gasteiger partial charge in [0.1, 0.15) is 29.4 Å². The van der Waals surface area contributed by atoms with E-state index in [0.29, 0.717) is 5.56 Å². The lowest BCUT2D eigenvalue weighted by Gasteiger charge is -2.27. The van der Waals surface area contributed by atoms with E-state index >= 15 is 0 Å². The molecule has 0 amide bonds. The van der Waals surface area contributed by atoms with Gasteiger partial charge in [-0.3, -0.25) is 4.79 Å². The van der Waals surface area contributed by atoms with Crippen LogP contribution < -0.4 is 14.2 Å². The maximum absolute atomic E-state index is 13.3. The Morgan fingerprint density at radius 1 is 1.17 bits per heavy atom. The van der Waals surface area contributed by atoms with Gasteiger partial charge in [0.2, 0.25) is 5.75 Å². The van der Waals surface area contributed by atoms with Gasteiger partial charge in [0.25, 0.3) is 0 Å². The second-order valence-corrected chi connectivity index (χ2v) is 7.05. The number of phenols is 3. The molecule has 1 aliphatic heterocycles. The van der Waals surface area contributed by atoms with Crippen LogP contribution in [0.5, 0.6) is 34.5 Å². The average Bonchev–Trinajstić information content (AvgIpc) is 2.67. The van der Waals surface area contributed by atoms with Gasteiger partial charge < -0.3 is 29.5 Å². The summed E-state index contributed by atoms with van der Waals surface area (Å²) >= 11 is 0. The Morgan fingerprint density at radius 3 is 2.52 bits per heavy atom. The summed E-state index contributed by atoms with van der Waals surface area (Å²) < 4.78 is 16.1. The van der Waals surface area contributed by atoms with Crippen molar-refractivity contribution in [3.63, 3.8) is 0 Å². The lowest BCUT2D eigenvalue weighted by molar-refractivity contribution is 0.0889. The minimum atomic E-state index is -0.805. The summed E-state index contributed by atoms with van der Waals surface area (Å²) in [7, 11) is 2.80. The molecule has 3 rings (SSSR count). The second-order valence-electron chi connectivity index (χ2n) is 7.05. The van der Waals surface area contributed by atoms with Crippen LogP contribution in [-0.4, -0.2) is 41.9 Å². The van der Waals surface area contributed by atoms with E-state index < -0.39 is 5.92 Å². The highest BCUT2D eigenvalue weighted by atomic mass is 16.5. The maximum atomic E-state index is 13.3. The predicted molar refractivity (Wildman–Crippen MR) is 107 cm³/mol. The van der Waals surface area contributed by atoms with E-state index in [2.05, 4.69) is 0 Å². The molecule has 2 aromatic carbocycles. The summed E-state index contributed by atoms with van der Waals surface area (Å²) in [6.45, 7) is 3.78. The fourth-order valence-electron chi connectivity index (χ4n) is 3.41. The Labute approximate surface area is 168 Å². The first-order valence-electron chi connectivity index (χ1n) is 9.12. The zero-order chi connectivity index (χ0) is 21.3. The lowest BCUT2D eigenvalue weighted by Crippen LogP contribution is -2.27. The number of hydrogen-bond acceptors (Lipinski definition) is 7. The number of carbonyl (C=O) groups excluding carboxylic acids is 1. The van der Waals surface area contributed by atoms with E-state index in [1.54, 1.807) is 6.07 Å². The van der Waals surface area contributed by atoms with Crippen molar-refractivity contribution >= 4 is 5.78 Å². The van der Waals surface area contributed by atoms with Crippen molar-refractivity contribution in [2.24, 2.45) is 0 Å². The van der Waals surface area contributed by atoms with Crippen LogP contribution in [0.15, 0.2) is 29.8 Å². The van der Waals surface area contributed by atoms with Crippen molar-refractivity contribution in [3.05, 3.63) is 46.5 Å². The van der Waals surface area contributed by atoms with Gasteiger partial charge in [-0.2, -0.15) is 0 Å². The number of rotatable bonds is 5. The normalized spacial score (nSPS) is 15.3. The molecule has 7 heteroatoms. The molecule has 0 aliphatic carbocycles. The van der Waals surface area contributed by atoms with Crippen molar-refractivity contribution in [2.45, 2.75) is 26.2 Å². The summed E-state index contributed by atoms with van der Waals surface area (Å²) in [6, 6.07) is 4.50. The molecule has 1 unspecified atom stereocenters. The van der Waals surface area contributed by atoms with Gasteiger partial charge in [0, 0.05) is 17.2 Å². The molecule has 3 N–H and O–H groups in total. The number of carbonyl (C=O) groups is 1. The number of ether oxygens (including phenoxy) is 3. The highest BCUT2D eigenvalue weighted by Gasteiger charge is 2.37. The Kier molecular flexibility index (Phi) is 5.59. The molecular weight excluding hydrogens is 376 g/mol. The van der Waals surface area contributed by atoms with Crippen LogP contribution in [0.25, 0.3) is 0 Å². The minimum Gasteiger partial charge on any atom is -0.507 e. The standard InChI is InChI=1S/C22H24O7/c1-11(2)5-6-13-15(23)9-17-18(19(13)24)20(25)14(10-29-17)12-7-8-16(27-3)21(26)22(12)28-4/h5,7-9,14,23-24,26H,6,10H2,1-4H3. The second kappa shape index (κ2) is 7.95. The quantitative estimate of drug-likeness (QED) is 0.657. The molecule has 29 heavy (non-hydrogen) atoms. The van der Waals surface area contributed by atoms with Crippen molar-refractivity contribution in [1.82, 2.24) is 0 Å². The fourth-order valence-corrected chi connectivity index (χ4v) is 3.41. The van der Waals surface area contributed by atoms with E-state index in [0.717, 1.165) is 5.57 Å². The number of methoxy groups -OCH3 is 2. The summed E-state index contributed by atoms with van der Waals surface area (Å²) in [5.74, 6) is -1.39. The van der Waals surface area contributed by atoms with Crippen LogP contribution in [0.3, 0.4) is 0 Å². The van der Waals surface area contributed by atoms with Crippen LogP contribution >= 0.6 is 0 Å². The Hall–Kier alpha value is -3.35. The van der Waals surface area contributed by atoms with Crippen molar-refractivity contribution < 1.29 is 34.3 Å². The fraction of sp³-hybridized carbons (Fsp3) is 0.318. The Balaban J connectivity index is 2.09. The summed E-state index contributed by atoms with van der Waals surface area (Å²) in [6.07, 6.45) is 2.12. The molecule has 2 aromatic rings. The molecular formula is C22H24O7. The molecule has 1 heterocycles. The molecule has 0 saturated heterocycles. The Bertz CT molecular complexity index is 987. The van der Waals surface area contributed by atoms with Gasteiger partial charge >= 0.3 is 0 Å². The number of fused-ring (bicyclic) bond motifs is 1. The monoisotopic (exact) mass is 400 g/mol. The largest absolute Gasteiger partial charge is 0.507 e. The number of hydrogen-bond donors (Lipinski definition) is 3. The van der Waals surface area contributed by atoms with E-state index in [-0.39, 0.29) is 64.4 Å². The smallest absolute Gasteiger partial charge is 0.201 e. The molecule has 154 valence electrons. The average molecular weight is 400 g/mol. The third-order valence-electron chi connectivity index (χ3n) is 4.95. The van der Waals surface area contributed by atoms with Crippen molar-refractivity contribution in [2.75, 3.05) is 20.8 Å². The number of phenolic OH excluding ortho intramolecular Hbond substituents is 3. The summed E-state index contributed by atoms with van der Waals surface area (Å²) in [5, 5.41) is 31.3. The van der Waals surface area contributed by atoms with Gasteiger partial charge in [-0.05, 0) is 26.3 Å². The predicted octanol–water partition coefficient (Wildman–Crippen LogP) is 3.69. The molecule has 1 aliphatic rings. The van der Waals surface area contributed by atoms with Gasteiger partial charge in [0.05, 0.1) is 20.1 Å². The van der Waals surface area contributed by atoms with E-state index in [1.165, 1.54) is 26.4 Å². The maximum Gasteiger partial charge on any atom is 0.201 e. The third kappa shape index (κ3) is 3.55. The SMILES string of the molecule is COc1ccc(C2COc3cc(O)c(CC=C(C)C)c(O)c3C2=O)c(OC)c1O. The zero-order valence-electron chi connectivity index (χ0n) is 16.8. The molecule has 0 saturated carbocycles. The molecule has 0 spiro atoms. The van der Waals surface area contributed by atoms with Gasteiger partial charge in [-0.15, -0.1) is 0 Å².